The quantitative estimate of drug-likeness (QED) is 0.814. The van der Waals surface area contributed by atoms with E-state index in [0.717, 1.165) is 22.6 Å². The highest BCUT2D eigenvalue weighted by Gasteiger charge is 2.39. The lowest BCUT2D eigenvalue weighted by Gasteiger charge is -2.28. The number of hydrogen-bond acceptors (Lipinski definition) is 2. The van der Waals surface area contributed by atoms with Crippen LogP contribution in [0.2, 0.25) is 0 Å². The van der Waals surface area contributed by atoms with Gasteiger partial charge in [-0.3, -0.25) is 0 Å². The summed E-state index contributed by atoms with van der Waals surface area (Å²) in [5, 5.41) is 13.6. The van der Waals surface area contributed by atoms with Crippen LogP contribution in [-0.4, -0.2) is 23.3 Å². The third kappa shape index (κ3) is 2.54. The van der Waals surface area contributed by atoms with E-state index < -0.39 is 0 Å². The Bertz CT molecular complexity index is 474. The van der Waals surface area contributed by atoms with Gasteiger partial charge in [0.25, 0.3) is 0 Å². The fourth-order valence-electron chi connectivity index (χ4n) is 3.47. The van der Waals surface area contributed by atoms with Gasteiger partial charge in [-0.1, -0.05) is 6.42 Å². The van der Waals surface area contributed by atoms with Crippen LogP contribution in [0.15, 0.2) is 24.3 Å². The molecule has 3 rings (SSSR count). The maximum atomic E-state index is 9.31. The Kier molecular flexibility index (Phi) is 3.35. The second-order valence-corrected chi connectivity index (χ2v) is 6.19. The zero-order valence-electron chi connectivity index (χ0n) is 11.2. The Balaban J connectivity index is 1.62. The maximum absolute atomic E-state index is 9.31. The van der Waals surface area contributed by atoms with E-state index in [1.54, 1.807) is 12.1 Å². The summed E-state index contributed by atoms with van der Waals surface area (Å²) >= 11 is 5.50. The third-order valence-electron chi connectivity index (χ3n) is 4.59. The van der Waals surface area contributed by atoms with E-state index in [0.29, 0.717) is 6.04 Å². The van der Waals surface area contributed by atoms with Crippen LogP contribution < -0.4 is 10.2 Å². The summed E-state index contributed by atoms with van der Waals surface area (Å²) in [6.07, 6.45) is 5.41. The van der Waals surface area contributed by atoms with Crippen molar-refractivity contribution in [2.45, 2.75) is 31.7 Å². The molecule has 102 valence electrons. The van der Waals surface area contributed by atoms with Crippen molar-refractivity contribution in [3.63, 3.8) is 0 Å². The van der Waals surface area contributed by atoms with Crippen molar-refractivity contribution >= 4 is 23.0 Å². The molecule has 0 aliphatic heterocycles. The van der Waals surface area contributed by atoms with E-state index in [1.807, 2.05) is 24.1 Å². The van der Waals surface area contributed by atoms with Gasteiger partial charge < -0.3 is 15.3 Å². The van der Waals surface area contributed by atoms with Gasteiger partial charge in [0.15, 0.2) is 5.11 Å². The molecule has 1 aromatic carbocycles. The molecule has 2 bridgehead atoms. The molecule has 0 spiro atoms. The summed E-state index contributed by atoms with van der Waals surface area (Å²) in [6.45, 7) is 0. The summed E-state index contributed by atoms with van der Waals surface area (Å²) in [7, 11) is 1.97. The number of fused-ring (bicyclic) bond motifs is 2. The van der Waals surface area contributed by atoms with Gasteiger partial charge in [-0.15, -0.1) is 0 Å². The van der Waals surface area contributed by atoms with E-state index in [2.05, 4.69) is 5.32 Å². The van der Waals surface area contributed by atoms with Crippen LogP contribution in [0.25, 0.3) is 0 Å². The van der Waals surface area contributed by atoms with Gasteiger partial charge in [0.2, 0.25) is 0 Å². The highest BCUT2D eigenvalue weighted by atomic mass is 32.1. The fourth-order valence-corrected chi connectivity index (χ4v) is 3.73. The lowest BCUT2D eigenvalue weighted by molar-refractivity contribution is 0.391. The van der Waals surface area contributed by atoms with Crippen molar-refractivity contribution in [3.05, 3.63) is 24.3 Å². The predicted octanol–water partition coefficient (Wildman–Crippen LogP) is 2.89. The number of rotatable bonds is 2. The molecule has 3 nitrogen and oxygen atoms in total. The van der Waals surface area contributed by atoms with E-state index >= 15 is 0 Å². The Hall–Kier alpha value is -1.29. The molecule has 2 fully saturated rings. The molecule has 0 aromatic heterocycles. The van der Waals surface area contributed by atoms with Crippen LogP contribution in [-0.2, 0) is 0 Å². The minimum atomic E-state index is 0.282. The molecule has 4 heteroatoms. The molecule has 0 saturated heterocycles. The SMILES string of the molecule is CN(C(=S)N[C@H]1C[C@H]2CC[C@@H]1C2)c1ccc(O)cc1. The van der Waals surface area contributed by atoms with Gasteiger partial charge in [0.05, 0.1) is 0 Å². The molecule has 0 amide bonds. The number of anilines is 1. The molecular formula is C15H20N2OS. The smallest absolute Gasteiger partial charge is 0.173 e. The average Bonchev–Trinajstić information content (AvgIpc) is 3.01. The highest BCUT2D eigenvalue weighted by Crippen LogP contribution is 2.44. The van der Waals surface area contributed by atoms with Crippen molar-refractivity contribution in [1.82, 2.24) is 5.32 Å². The van der Waals surface area contributed by atoms with Crippen molar-refractivity contribution in [2.75, 3.05) is 11.9 Å². The molecule has 2 aliphatic rings. The van der Waals surface area contributed by atoms with Crippen molar-refractivity contribution in [3.8, 4) is 5.75 Å². The summed E-state index contributed by atoms with van der Waals surface area (Å²) in [6, 6.07) is 7.69. The second kappa shape index (κ2) is 5.00. The summed E-state index contributed by atoms with van der Waals surface area (Å²) in [5.41, 5.74) is 0.999. The number of phenols is 1. The summed E-state index contributed by atoms with van der Waals surface area (Å²) < 4.78 is 0. The molecule has 2 aliphatic carbocycles. The minimum Gasteiger partial charge on any atom is -0.508 e. The molecule has 1 aromatic rings. The summed E-state index contributed by atoms with van der Waals surface area (Å²) in [4.78, 5) is 1.97. The number of phenolic OH excluding ortho intramolecular Hbond substituents is 1. The first-order valence-corrected chi connectivity index (χ1v) is 7.37. The van der Waals surface area contributed by atoms with Crippen molar-refractivity contribution in [1.29, 1.82) is 0 Å². The van der Waals surface area contributed by atoms with Crippen LogP contribution in [0.4, 0.5) is 5.69 Å². The number of benzene rings is 1. The fraction of sp³-hybridized carbons (Fsp3) is 0.533. The Labute approximate surface area is 119 Å². The van der Waals surface area contributed by atoms with E-state index in [9.17, 15) is 5.11 Å². The standard InChI is InChI=1S/C15H20N2OS/c1-17(12-4-6-13(18)7-5-12)15(19)16-14-9-10-2-3-11(14)8-10/h4-7,10-11,14,18H,2-3,8-9H2,1H3,(H,16,19)/t10-,11+,14-/m0/s1. The molecule has 2 N–H and O–H groups in total. The van der Waals surface area contributed by atoms with Gasteiger partial charge >= 0.3 is 0 Å². The average molecular weight is 276 g/mol. The van der Waals surface area contributed by atoms with Crippen molar-refractivity contribution in [2.24, 2.45) is 11.8 Å². The predicted molar refractivity (Wildman–Crippen MR) is 81.5 cm³/mol. The zero-order valence-corrected chi connectivity index (χ0v) is 12.0. The lowest BCUT2D eigenvalue weighted by Crippen LogP contribution is -2.45. The monoisotopic (exact) mass is 276 g/mol. The number of hydrogen-bond donors (Lipinski definition) is 2. The van der Waals surface area contributed by atoms with Crippen LogP contribution in [0.1, 0.15) is 25.7 Å². The topological polar surface area (TPSA) is 35.5 Å². The summed E-state index contributed by atoms with van der Waals surface area (Å²) in [5.74, 6) is 2.02. The first-order chi connectivity index (χ1) is 9.13. The molecule has 0 heterocycles. The van der Waals surface area contributed by atoms with Gasteiger partial charge in [0, 0.05) is 18.8 Å². The van der Waals surface area contributed by atoms with Crippen LogP contribution in [0.3, 0.4) is 0 Å². The molecule has 3 atom stereocenters. The first-order valence-electron chi connectivity index (χ1n) is 6.97. The first kappa shape index (κ1) is 12.7. The van der Waals surface area contributed by atoms with Crippen LogP contribution in [0.5, 0.6) is 5.75 Å². The normalized spacial score (nSPS) is 28.4. The molecular weight excluding hydrogens is 256 g/mol. The number of nitrogens with one attached hydrogen (secondary N) is 1. The van der Waals surface area contributed by atoms with Gasteiger partial charge in [-0.05, 0) is 67.6 Å². The van der Waals surface area contributed by atoms with Gasteiger partial charge in [-0.2, -0.15) is 0 Å². The number of thiocarbonyl (C=S) groups is 1. The van der Waals surface area contributed by atoms with E-state index in [-0.39, 0.29) is 5.75 Å². The molecule has 19 heavy (non-hydrogen) atoms. The number of nitrogens with zero attached hydrogens (tertiary/aromatic N) is 1. The van der Waals surface area contributed by atoms with E-state index in [4.69, 9.17) is 12.2 Å². The zero-order chi connectivity index (χ0) is 13.4. The van der Waals surface area contributed by atoms with E-state index in [1.165, 1.54) is 25.7 Å². The highest BCUT2D eigenvalue weighted by molar-refractivity contribution is 7.80. The molecule has 0 unspecified atom stereocenters. The third-order valence-corrected chi connectivity index (χ3v) is 4.98. The van der Waals surface area contributed by atoms with Gasteiger partial charge in [-0.25, -0.2) is 0 Å². The van der Waals surface area contributed by atoms with Crippen molar-refractivity contribution < 1.29 is 5.11 Å². The van der Waals surface area contributed by atoms with Gasteiger partial charge in [0.1, 0.15) is 5.75 Å². The number of aromatic hydroxyl groups is 1. The molecule has 0 radical (unpaired) electrons. The Morgan fingerprint density at radius 2 is 2.00 bits per heavy atom. The molecule has 2 saturated carbocycles. The second-order valence-electron chi connectivity index (χ2n) is 5.81. The maximum Gasteiger partial charge on any atom is 0.173 e. The Morgan fingerprint density at radius 3 is 2.58 bits per heavy atom. The lowest BCUT2D eigenvalue weighted by atomic mass is 9.95. The van der Waals surface area contributed by atoms with Crippen LogP contribution in [0, 0.1) is 11.8 Å². The Morgan fingerprint density at radius 1 is 1.26 bits per heavy atom. The largest absolute Gasteiger partial charge is 0.508 e. The van der Waals surface area contributed by atoms with Crippen LogP contribution >= 0.6 is 12.2 Å². The minimum absolute atomic E-state index is 0.282.